The van der Waals surface area contributed by atoms with E-state index in [0.717, 1.165) is 51.4 Å². The molecule has 7 nitrogen and oxygen atoms in total. The minimum absolute atomic E-state index is 0.197. The molecule has 0 heterocycles. The molecule has 0 bridgehead atoms. The van der Waals surface area contributed by atoms with Gasteiger partial charge in [0, 0.05) is 0 Å². The van der Waals surface area contributed by atoms with Gasteiger partial charge in [-0.3, -0.25) is 9.59 Å². The van der Waals surface area contributed by atoms with Crippen LogP contribution < -0.4 is 0 Å². The third-order valence-electron chi connectivity index (χ3n) is 3.80. The number of ether oxygens (including phenoxy) is 2. The molecule has 0 aliphatic carbocycles. The Morgan fingerprint density at radius 3 is 1.92 bits per heavy atom. The van der Waals surface area contributed by atoms with Crippen molar-refractivity contribution in [2.45, 2.75) is 89.7 Å². The Hall–Kier alpha value is -0.830. The molecule has 8 heteroatoms. The Balaban J connectivity index is 4.04. The molecule has 0 aliphatic heterocycles. The Bertz CT molecular complexity index is 352. The Kier molecular flexibility index (Phi) is 18.3. The number of hydrogen-bond acceptors (Lipinski definition) is 8. The van der Waals surface area contributed by atoms with Crippen LogP contribution in [0.15, 0.2) is 0 Å². The molecule has 0 saturated carbocycles. The van der Waals surface area contributed by atoms with Gasteiger partial charge in [0.2, 0.25) is 0 Å². The van der Waals surface area contributed by atoms with E-state index >= 15 is 0 Å². The fourth-order valence-corrected chi connectivity index (χ4v) is 2.78. The van der Waals surface area contributed by atoms with Crippen LogP contribution in [-0.4, -0.2) is 35.7 Å². The minimum Gasteiger partial charge on any atom is -0.466 e. The topological polar surface area (TPSA) is 91.3 Å². The van der Waals surface area contributed by atoms with Gasteiger partial charge in [-0.1, -0.05) is 70.3 Å². The largest absolute Gasteiger partial charge is 0.466 e. The lowest BCUT2D eigenvalue weighted by Gasteiger charge is -2.13. The average Bonchev–Trinajstić information content (AvgIpc) is 2.64. The van der Waals surface area contributed by atoms with Crippen molar-refractivity contribution in [2.24, 2.45) is 0 Å². The Morgan fingerprint density at radius 1 is 0.846 bits per heavy atom. The van der Waals surface area contributed by atoms with Gasteiger partial charge in [0.1, 0.15) is 5.25 Å². The van der Waals surface area contributed by atoms with Gasteiger partial charge in [-0.25, -0.2) is 5.26 Å². The highest BCUT2D eigenvalue weighted by atomic mass is 32.2. The summed E-state index contributed by atoms with van der Waals surface area (Å²) in [7, 11) is 0. The second kappa shape index (κ2) is 18.9. The summed E-state index contributed by atoms with van der Waals surface area (Å²) in [6.45, 7) is 4.91. The second-order valence-corrected chi connectivity index (χ2v) is 7.05. The van der Waals surface area contributed by atoms with Gasteiger partial charge in [0.05, 0.1) is 31.7 Å². The lowest BCUT2D eigenvalue weighted by molar-refractivity contribution is -0.432. The van der Waals surface area contributed by atoms with E-state index in [-0.39, 0.29) is 6.42 Å². The number of hydrogen-bond donors (Lipinski definition) is 1. The van der Waals surface area contributed by atoms with Crippen LogP contribution >= 0.6 is 12.0 Å². The SMILES string of the molecule is CCCCCCCOC(=O)CC(SOOO)C(=O)OCCCCCCC. The summed E-state index contributed by atoms with van der Waals surface area (Å²) in [5, 5.41) is 10.8. The van der Waals surface area contributed by atoms with Gasteiger partial charge in [-0.05, 0) is 12.8 Å². The van der Waals surface area contributed by atoms with Gasteiger partial charge >= 0.3 is 11.9 Å². The molecule has 0 saturated heterocycles. The Labute approximate surface area is 161 Å². The fourth-order valence-electron chi connectivity index (χ4n) is 2.29. The minimum atomic E-state index is -0.939. The van der Waals surface area contributed by atoms with Gasteiger partial charge in [-0.2, -0.15) is 0 Å². The fraction of sp³-hybridized carbons (Fsp3) is 0.889. The molecule has 0 spiro atoms. The van der Waals surface area contributed by atoms with Crippen LogP contribution in [0.2, 0.25) is 0 Å². The first-order chi connectivity index (χ1) is 12.7. The molecule has 0 aromatic heterocycles. The zero-order valence-corrected chi connectivity index (χ0v) is 16.9. The van der Waals surface area contributed by atoms with Crippen molar-refractivity contribution >= 4 is 24.0 Å². The second-order valence-electron chi connectivity index (χ2n) is 6.15. The molecule has 1 unspecified atom stereocenters. The molecule has 1 N–H and O–H groups in total. The third-order valence-corrected chi connectivity index (χ3v) is 4.53. The molecule has 0 rings (SSSR count). The first-order valence-corrected chi connectivity index (χ1v) is 10.4. The highest BCUT2D eigenvalue weighted by Gasteiger charge is 2.26. The molecular formula is C18H34O7S. The zero-order chi connectivity index (χ0) is 19.5. The smallest absolute Gasteiger partial charge is 0.322 e. The first kappa shape index (κ1) is 25.2. The number of esters is 2. The van der Waals surface area contributed by atoms with Crippen molar-refractivity contribution in [1.29, 1.82) is 0 Å². The van der Waals surface area contributed by atoms with E-state index in [2.05, 4.69) is 23.2 Å². The molecule has 0 aromatic carbocycles. The molecule has 0 aliphatic rings. The molecule has 154 valence electrons. The maximum absolute atomic E-state index is 12.1. The monoisotopic (exact) mass is 394 g/mol. The average molecular weight is 395 g/mol. The molecule has 0 radical (unpaired) electrons. The van der Waals surface area contributed by atoms with Crippen LogP contribution in [0, 0.1) is 0 Å². The maximum atomic E-state index is 12.1. The highest BCUT2D eigenvalue weighted by Crippen LogP contribution is 2.19. The summed E-state index contributed by atoms with van der Waals surface area (Å²) >= 11 is 0.533. The number of unbranched alkanes of at least 4 members (excludes halogenated alkanes) is 8. The molecule has 26 heavy (non-hydrogen) atoms. The normalized spacial score (nSPS) is 12.0. The van der Waals surface area contributed by atoms with Crippen LogP contribution in [0.3, 0.4) is 0 Å². The van der Waals surface area contributed by atoms with E-state index in [1.807, 2.05) is 0 Å². The van der Waals surface area contributed by atoms with Gasteiger partial charge < -0.3 is 9.47 Å². The summed E-state index contributed by atoms with van der Waals surface area (Å²) in [5.74, 6) is -1.08. The molecular weight excluding hydrogens is 360 g/mol. The predicted molar refractivity (Wildman–Crippen MR) is 100 cm³/mol. The van der Waals surface area contributed by atoms with Crippen LogP contribution in [-0.2, 0) is 28.4 Å². The predicted octanol–water partition coefficient (Wildman–Crippen LogP) is 4.84. The van der Waals surface area contributed by atoms with Gasteiger partial charge in [0.15, 0.2) is 0 Å². The zero-order valence-electron chi connectivity index (χ0n) is 16.1. The van der Waals surface area contributed by atoms with Crippen molar-refractivity contribution in [1.82, 2.24) is 0 Å². The van der Waals surface area contributed by atoms with Crippen LogP contribution in [0.5, 0.6) is 0 Å². The summed E-state index contributed by atoms with van der Waals surface area (Å²) in [6.07, 6.45) is 10.3. The Morgan fingerprint density at radius 2 is 1.38 bits per heavy atom. The molecule has 1 atom stereocenters. The van der Waals surface area contributed by atoms with E-state index in [9.17, 15) is 9.59 Å². The van der Waals surface area contributed by atoms with Crippen LogP contribution in [0.25, 0.3) is 0 Å². The van der Waals surface area contributed by atoms with Crippen molar-refractivity contribution < 1.29 is 33.7 Å². The lowest BCUT2D eigenvalue weighted by Crippen LogP contribution is -2.25. The standard InChI is InChI=1S/C18H34O7S/c1-3-5-7-9-11-13-22-17(19)15-16(26-25-24-21)18(20)23-14-12-10-8-6-4-2/h16,21H,3-15H2,1-2H3. The van der Waals surface area contributed by atoms with Crippen molar-refractivity contribution in [3.8, 4) is 0 Å². The summed E-state index contributed by atoms with van der Waals surface area (Å²) in [5.41, 5.74) is 0. The van der Waals surface area contributed by atoms with E-state index < -0.39 is 17.2 Å². The van der Waals surface area contributed by atoms with E-state index in [1.165, 1.54) is 12.8 Å². The van der Waals surface area contributed by atoms with E-state index in [0.29, 0.717) is 25.3 Å². The number of rotatable bonds is 18. The number of carbonyl (C=O) groups excluding carboxylic acids is 2. The summed E-state index contributed by atoms with van der Waals surface area (Å²) < 4.78 is 14.6. The van der Waals surface area contributed by atoms with Crippen molar-refractivity contribution in [3.63, 3.8) is 0 Å². The summed E-state index contributed by atoms with van der Waals surface area (Å²) in [4.78, 5) is 23.9. The third kappa shape index (κ3) is 15.4. The summed E-state index contributed by atoms with van der Waals surface area (Å²) in [6, 6.07) is 0. The highest BCUT2D eigenvalue weighted by molar-refractivity contribution is 7.95. The van der Waals surface area contributed by atoms with Gasteiger partial charge in [-0.15, -0.1) is 4.33 Å². The molecule has 0 amide bonds. The van der Waals surface area contributed by atoms with Crippen LogP contribution in [0.1, 0.15) is 84.5 Å². The molecule has 0 fully saturated rings. The number of carbonyl (C=O) groups is 2. The van der Waals surface area contributed by atoms with Crippen molar-refractivity contribution in [3.05, 3.63) is 0 Å². The first-order valence-electron chi connectivity index (χ1n) is 9.61. The van der Waals surface area contributed by atoms with Crippen molar-refractivity contribution in [2.75, 3.05) is 13.2 Å². The quantitative estimate of drug-likeness (QED) is 0.116. The van der Waals surface area contributed by atoms with Crippen LogP contribution in [0.4, 0.5) is 0 Å². The maximum Gasteiger partial charge on any atom is 0.322 e. The molecule has 0 aromatic rings. The van der Waals surface area contributed by atoms with E-state index in [4.69, 9.17) is 14.7 Å². The van der Waals surface area contributed by atoms with Gasteiger partial charge in [0.25, 0.3) is 0 Å². The van der Waals surface area contributed by atoms with E-state index in [1.54, 1.807) is 0 Å². The lowest BCUT2D eigenvalue weighted by atomic mass is 10.2.